The van der Waals surface area contributed by atoms with E-state index in [1.807, 2.05) is 0 Å². The molecule has 2 aromatic rings. The Morgan fingerprint density at radius 2 is 1.88 bits per heavy atom. The molecule has 0 bridgehead atoms. The number of rotatable bonds is 3. The van der Waals surface area contributed by atoms with Crippen molar-refractivity contribution < 1.29 is 26.4 Å². The fourth-order valence-corrected chi connectivity index (χ4v) is 3.98. The van der Waals surface area contributed by atoms with E-state index in [-0.39, 0.29) is 22.8 Å². The van der Waals surface area contributed by atoms with Gasteiger partial charge >= 0.3 is 6.18 Å². The number of halogens is 4. The van der Waals surface area contributed by atoms with E-state index < -0.39 is 32.6 Å². The summed E-state index contributed by atoms with van der Waals surface area (Å²) in [4.78, 5) is 10.9. The summed E-state index contributed by atoms with van der Waals surface area (Å²) in [5.41, 5.74) is -0.828. The van der Waals surface area contributed by atoms with Gasteiger partial charge in [-0.25, -0.2) is 8.42 Å². The lowest BCUT2D eigenvalue weighted by Crippen LogP contribution is -2.21. The molecule has 1 heterocycles. The van der Waals surface area contributed by atoms with Crippen LogP contribution in [0.4, 0.5) is 18.9 Å². The number of hydrogen-bond acceptors (Lipinski definition) is 3. The van der Waals surface area contributed by atoms with E-state index in [1.165, 1.54) is 12.1 Å². The van der Waals surface area contributed by atoms with Crippen LogP contribution in [0, 0.1) is 0 Å². The highest BCUT2D eigenvalue weighted by Gasteiger charge is 2.38. The van der Waals surface area contributed by atoms with Gasteiger partial charge in [0.1, 0.15) is 0 Å². The van der Waals surface area contributed by atoms with Gasteiger partial charge in [0, 0.05) is 11.6 Å². The normalized spacial score (nSPS) is 14.2. The maximum atomic E-state index is 13.2. The average molecular weight is 391 g/mol. The third kappa shape index (κ3) is 3.29. The van der Waals surface area contributed by atoms with Crippen LogP contribution in [0.3, 0.4) is 0 Å². The number of carbonyl (C=O) groups is 1. The van der Waals surface area contributed by atoms with Crippen molar-refractivity contribution in [1.82, 2.24) is 5.32 Å². The smallest absolute Gasteiger partial charge is 0.348 e. The molecule has 0 saturated carbocycles. The SMILES string of the molecule is O=C1NCc2cccc(NS(=O)(=O)c3ccc(Cl)cc3C(F)(F)F)c21. The molecule has 0 aliphatic carbocycles. The Bertz CT molecular complexity index is 974. The molecule has 0 radical (unpaired) electrons. The van der Waals surface area contributed by atoms with Crippen molar-refractivity contribution in [2.75, 3.05) is 4.72 Å². The zero-order valence-electron chi connectivity index (χ0n) is 12.3. The zero-order valence-corrected chi connectivity index (χ0v) is 13.9. The van der Waals surface area contributed by atoms with Gasteiger partial charge in [0.05, 0.1) is 21.7 Å². The van der Waals surface area contributed by atoms with Gasteiger partial charge in [0.15, 0.2) is 0 Å². The number of amides is 1. The maximum Gasteiger partial charge on any atom is 0.417 e. The van der Waals surface area contributed by atoms with Crippen LogP contribution in [-0.2, 0) is 22.7 Å². The largest absolute Gasteiger partial charge is 0.417 e. The van der Waals surface area contributed by atoms with Crippen molar-refractivity contribution in [2.24, 2.45) is 0 Å². The number of alkyl halides is 3. The predicted octanol–water partition coefficient (Wildman–Crippen LogP) is 3.40. The second-order valence-corrected chi connectivity index (χ2v) is 7.35. The summed E-state index contributed by atoms with van der Waals surface area (Å²) in [7, 11) is -4.60. The number of fused-ring (bicyclic) bond motifs is 1. The standard InChI is InChI=1S/C15H10ClF3N2O3S/c16-9-4-5-12(10(6-9)15(17,18)19)25(23,24)21-11-3-1-2-8-7-20-14(22)13(8)11/h1-6,21H,7H2,(H,20,22). The summed E-state index contributed by atoms with van der Waals surface area (Å²) in [6.07, 6.45) is -4.91. The van der Waals surface area contributed by atoms with E-state index in [1.54, 1.807) is 6.07 Å². The first-order valence-corrected chi connectivity index (χ1v) is 8.75. The molecule has 1 aliphatic rings. The van der Waals surface area contributed by atoms with Crippen molar-refractivity contribution in [3.63, 3.8) is 0 Å². The lowest BCUT2D eigenvalue weighted by Gasteiger charge is -2.16. The second-order valence-electron chi connectivity index (χ2n) is 5.27. The van der Waals surface area contributed by atoms with E-state index >= 15 is 0 Å². The molecule has 25 heavy (non-hydrogen) atoms. The summed E-state index contributed by atoms with van der Waals surface area (Å²) >= 11 is 5.56. The highest BCUT2D eigenvalue weighted by atomic mass is 35.5. The highest BCUT2D eigenvalue weighted by Crippen LogP contribution is 2.37. The minimum Gasteiger partial charge on any atom is -0.348 e. The molecular weight excluding hydrogens is 381 g/mol. The van der Waals surface area contributed by atoms with Gasteiger partial charge in [0.2, 0.25) is 0 Å². The molecule has 0 spiro atoms. The first-order chi connectivity index (χ1) is 11.6. The van der Waals surface area contributed by atoms with Crippen molar-refractivity contribution in [3.05, 3.63) is 58.1 Å². The molecule has 3 rings (SSSR count). The van der Waals surface area contributed by atoms with Crippen LogP contribution in [-0.4, -0.2) is 14.3 Å². The summed E-state index contributed by atoms with van der Waals surface area (Å²) < 4.78 is 66.6. The van der Waals surface area contributed by atoms with Gasteiger partial charge in [-0.1, -0.05) is 23.7 Å². The monoisotopic (exact) mass is 390 g/mol. The van der Waals surface area contributed by atoms with Gasteiger partial charge in [-0.15, -0.1) is 0 Å². The number of nitrogens with one attached hydrogen (secondary N) is 2. The Morgan fingerprint density at radius 1 is 1.16 bits per heavy atom. The van der Waals surface area contributed by atoms with Crippen LogP contribution in [0.15, 0.2) is 41.3 Å². The molecule has 2 aromatic carbocycles. The Kier molecular flexibility index (Phi) is 4.16. The Hall–Kier alpha value is -2.26. The summed E-state index contributed by atoms with van der Waals surface area (Å²) in [5, 5.41) is 2.28. The fourth-order valence-electron chi connectivity index (χ4n) is 2.52. The van der Waals surface area contributed by atoms with Crippen molar-refractivity contribution in [2.45, 2.75) is 17.6 Å². The quantitative estimate of drug-likeness (QED) is 0.843. The summed E-state index contributed by atoms with van der Waals surface area (Å²) in [6, 6.07) is 6.80. The van der Waals surface area contributed by atoms with Crippen LogP contribution >= 0.6 is 11.6 Å². The number of carbonyl (C=O) groups excluding carboxylic acids is 1. The fraction of sp³-hybridized carbons (Fsp3) is 0.133. The Labute approximate surface area is 145 Å². The van der Waals surface area contributed by atoms with Gasteiger partial charge in [-0.05, 0) is 29.8 Å². The van der Waals surface area contributed by atoms with Crippen LogP contribution in [0.1, 0.15) is 21.5 Å². The van der Waals surface area contributed by atoms with E-state index in [4.69, 9.17) is 11.6 Å². The third-order valence-corrected chi connectivity index (χ3v) is 5.26. The summed E-state index contributed by atoms with van der Waals surface area (Å²) in [6.45, 7) is 0.221. The van der Waals surface area contributed by atoms with Gasteiger partial charge in [-0.3, -0.25) is 9.52 Å². The maximum absolute atomic E-state index is 13.2. The number of anilines is 1. The van der Waals surface area contributed by atoms with Gasteiger partial charge in [0.25, 0.3) is 15.9 Å². The summed E-state index contributed by atoms with van der Waals surface area (Å²) in [5.74, 6) is -0.500. The third-order valence-electron chi connectivity index (χ3n) is 3.60. The van der Waals surface area contributed by atoms with E-state index in [9.17, 15) is 26.4 Å². The predicted molar refractivity (Wildman–Crippen MR) is 84.9 cm³/mol. The molecule has 0 saturated heterocycles. The number of benzene rings is 2. The molecule has 0 atom stereocenters. The Balaban J connectivity index is 2.09. The average Bonchev–Trinajstić information content (AvgIpc) is 2.88. The van der Waals surface area contributed by atoms with Crippen molar-refractivity contribution in [3.8, 4) is 0 Å². The molecule has 132 valence electrons. The first-order valence-electron chi connectivity index (χ1n) is 6.89. The molecule has 5 nitrogen and oxygen atoms in total. The molecule has 2 N–H and O–H groups in total. The molecular formula is C15H10ClF3N2O3S. The second kappa shape index (κ2) is 5.92. The molecule has 0 aromatic heterocycles. The molecule has 0 fully saturated rings. The Morgan fingerprint density at radius 3 is 2.56 bits per heavy atom. The van der Waals surface area contributed by atoms with Crippen LogP contribution in [0.2, 0.25) is 5.02 Å². The van der Waals surface area contributed by atoms with E-state index in [2.05, 4.69) is 10.0 Å². The molecule has 1 aliphatic heterocycles. The topological polar surface area (TPSA) is 75.3 Å². The van der Waals surface area contributed by atoms with Crippen molar-refractivity contribution >= 4 is 33.2 Å². The molecule has 1 amide bonds. The minimum atomic E-state index is -4.91. The minimum absolute atomic E-state index is 0.0874. The van der Waals surface area contributed by atoms with E-state index in [0.29, 0.717) is 11.6 Å². The number of sulfonamides is 1. The highest BCUT2D eigenvalue weighted by molar-refractivity contribution is 7.92. The lowest BCUT2D eigenvalue weighted by atomic mass is 10.1. The van der Waals surface area contributed by atoms with Gasteiger partial charge < -0.3 is 5.32 Å². The van der Waals surface area contributed by atoms with Crippen molar-refractivity contribution in [1.29, 1.82) is 0 Å². The van der Waals surface area contributed by atoms with Gasteiger partial charge in [-0.2, -0.15) is 13.2 Å². The van der Waals surface area contributed by atoms with E-state index in [0.717, 1.165) is 12.1 Å². The molecule has 0 unspecified atom stereocenters. The number of hydrogen-bond donors (Lipinski definition) is 2. The molecule has 10 heteroatoms. The lowest BCUT2D eigenvalue weighted by molar-refractivity contribution is -0.139. The zero-order chi connectivity index (χ0) is 18.4. The van der Waals surface area contributed by atoms with Crippen LogP contribution < -0.4 is 10.0 Å². The van der Waals surface area contributed by atoms with Crippen LogP contribution in [0.5, 0.6) is 0 Å². The van der Waals surface area contributed by atoms with Crippen LogP contribution in [0.25, 0.3) is 0 Å². The first kappa shape index (κ1) is 17.6.